The standard InChI is InChI=1S/2C21H23.C2H7Si.2ClH.Zr/c2*1-5-16-12-17-11-10-15(4)21(20(17)13-16)19-9-7-6-8-18(19)14(2)3;1-3-2;;;/h2*6-14H,5H2,1-4H3;3H,1-2H3;2*1H;/q;;;;;+2/p-2. The van der Waals surface area contributed by atoms with Gasteiger partial charge >= 0.3 is 302 Å². The van der Waals surface area contributed by atoms with Crippen molar-refractivity contribution in [1.82, 2.24) is 0 Å². The number of aryl methyl sites for hydroxylation is 2. The zero-order valence-corrected chi connectivity index (χ0v) is 35.8. The molecule has 251 valence electrons. The van der Waals surface area contributed by atoms with E-state index in [0.717, 1.165) is 12.8 Å². The second-order valence-electron chi connectivity index (χ2n) is 15.4. The summed E-state index contributed by atoms with van der Waals surface area (Å²) in [6.45, 7) is 23.3. The van der Waals surface area contributed by atoms with Gasteiger partial charge in [0.15, 0.2) is 0 Å². The molecular formula is C44H53Cl2SiZr. The molecule has 0 fully saturated rings. The minimum absolute atomic E-state index is 0.102. The van der Waals surface area contributed by atoms with Crippen molar-refractivity contribution in [3.63, 3.8) is 0 Å². The summed E-state index contributed by atoms with van der Waals surface area (Å²) in [6.07, 6.45) is 6.94. The number of rotatable bonds is 9. The first-order valence-electron chi connectivity index (χ1n) is 18.2. The molecule has 0 bridgehead atoms. The first-order valence-corrected chi connectivity index (χ1v) is 34.5. The maximum atomic E-state index is 8.74. The molecule has 4 aromatic rings. The fourth-order valence-electron chi connectivity index (χ4n) is 9.16. The number of hydrogen-bond acceptors (Lipinski definition) is 0. The molecule has 0 aromatic heterocycles. The molecule has 2 atom stereocenters. The summed E-state index contributed by atoms with van der Waals surface area (Å²) in [5.74, 6) is -0.775. The van der Waals surface area contributed by atoms with Crippen LogP contribution in [0.2, 0.25) is 13.1 Å². The van der Waals surface area contributed by atoms with Crippen LogP contribution in [-0.2, 0) is 15.6 Å². The van der Waals surface area contributed by atoms with E-state index < -0.39 is 21.5 Å². The van der Waals surface area contributed by atoms with Crippen LogP contribution in [0, 0.1) is 13.8 Å². The van der Waals surface area contributed by atoms with Gasteiger partial charge in [0.25, 0.3) is 0 Å². The molecule has 48 heavy (non-hydrogen) atoms. The Hall–Kier alpha value is -1.96. The minimum atomic E-state index is -4.85. The predicted molar refractivity (Wildman–Crippen MR) is 214 cm³/mol. The van der Waals surface area contributed by atoms with Gasteiger partial charge in [0.05, 0.1) is 0 Å². The summed E-state index contributed by atoms with van der Waals surface area (Å²) in [6, 6.07) is 27.5. The summed E-state index contributed by atoms with van der Waals surface area (Å²) in [5.41, 5.74) is 19.2. The van der Waals surface area contributed by atoms with Crippen molar-refractivity contribution in [2.75, 3.05) is 0 Å². The second-order valence-corrected chi connectivity index (χ2v) is 57.9. The molecule has 2 aliphatic rings. The normalized spacial score (nSPS) is 18.2. The predicted octanol–water partition coefficient (Wildman–Crippen LogP) is 14.3. The Kier molecular flexibility index (Phi) is 9.93. The first kappa shape index (κ1) is 35.9. The Balaban J connectivity index is 1.63. The summed E-state index contributed by atoms with van der Waals surface area (Å²) in [7, 11) is 17.5. The average Bonchev–Trinajstić information content (AvgIpc) is 3.64. The molecule has 0 amide bonds. The Morgan fingerprint density at radius 3 is 1.31 bits per heavy atom. The van der Waals surface area contributed by atoms with Crippen molar-refractivity contribution >= 4 is 35.1 Å². The number of allylic oxidation sites excluding steroid dienone is 2. The van der Waals surface area contributed by atoms with Crippen LogP contribution in [0.4, 0.5) is 0 Å². The van der Waals surface area contributed by atoms with Gasteiger partial charge in [-0.15, -0.1) is 0 Å². The van der Waals surface area contributed by atoms with E-state index in [1.807, 2.05) is 0 Å². The molecule has 0 heterocycles. The van der Waals surface area contributed by atoms with Gasteiger partial charge in [-0.1, -0.05) is 0 Å². The van der Waals surface area contributed by atoms with Crippen LogP contribution in [0.15, 0.2) is 83.9 Å². The summed E-state index contributed by atoms with van der Waals surface area (Å²) >= 11 is -4.85. The Labute approximate surface area is 299 Å². The van der Waals surface area contributed by atoms with Crippen LogP contribution in [0.25, 0.3) is 34.4 Å². The van der Waals surface area contributed by atoms with Crippen molar-refractivity contribution in [3.05, 3.63) is 128 Å². The van der Waals surface area contributed by atoms with Crippen molar-refractivity contribution in [2.24, 2.45) is 0 Å². The molecule has 0 nitrogen and oxygen atoms in total. The van der Waals surface area contributed by atoms with E-state index in [2.05, 4.69) is 153 Å². The zero-order chi connectivity index (χ0) is 34.7. The van der Waals surface area contributed by atoms with E-state index in [0.29, 0.717) is 11.8 Å². The van der Waals surface area contributed by atoms with Crippen molar-refractivity contribution < 1.29 is 15.6 Å². The Morgan fingerprint density at radius 1 is 0.604 bits per heavy atom. The number of halogens is 2. The van der Waals surface area contributed by atoms with Gasteiger partial charge in [-0.2, -0.15) is 0 Å². The summed E-state index contributed by atoms with van der Waals surface area (Å²) in [5, 5.41) is 0. The molecule has 2 unspecified atom stereocenters. The Bertz CT molecular complexity index is 1830. The first-order chi connectivity index (χ1) is 22.8. The second kappa shape index (κ2) is 13.3. The molecular weight excluding hydrogens is 719 g/mol. The van der Waals surface area contributed by atoms with Gasteiger partial charge in [0.2, 0.25) is 0 Å². The number of hydrogen-bond donors (Lipinski definition) is 0. The third-order valence-electron chi connectivity index (χ3n) is 11.7. The van der Waals surface area contributed by atoms with Gasteiger partial charge in [-0.25, -0.2) is 0 Å². The summed E-state index contributed by atoms with van der Waals surface area (Å²) in [4.78, 5) is 0. The summed E-state index contributed by atoms with van der Waals surface area (Å²) < 4.78 is 0.205. The fourth-order valence-corrected chi connectivity index (χ4v) is 41.0. The molecule has 6 rings (SSSR count). The molecule has 0 saturated heterocycles. The topological polar surface area (TPSA) is 0 Å². The molecule has 2 aliphatic carbocycles. The molecule has 0 radical (unpaired) electrons. The van der Waals surface area contributed by atoms with Gasteiger partial charge in [0, 0.05) is 0 Å². The van der Waals surface area contributed by atoms with Gasteiger partial charge in [-0.3, -0.25) is 0 Å². The van der Waals surface area contributed by atoms with E-state index >= 15 is 0 Å². The third kappa shape index (κ3) is 5.48. The van der Waals surface area contributed by atoms with Crippen LogP contribution in [0.1, 0.15) is 118 Å². The van der Waals surface area contributed by atoms with Crippen LogP contribution < -0.4 is 0 Å². The molecule has 0 N–H and O–H groups in total. The van der Waals surface area contributed by atoms with Crippen molar-refractivity contribution in [2.45, 2.75) is 100 Å². The third-order valence-corrected chi connectivity index (χ3v) is 63.6. The quantitative estimate of drug-likeness (QED) is 0.149. The molecule has 0 saturated carbocycles. The van der Waals surface area contributed by atoms with E-state index in [1.54, 1.807) is 0 Å². The zero-order valence-electron chi connectivity index (χ0n) is 30.6. The van der Waals surface area contributed by atoms with E-state index in [9.17, 15) is 0 Å². The molecule has 4 heteroatoms. The maximum absolute atomic E-state index is 8.74. The van der Waals surface area contributed by atoms with E-state index in [-0.39, 0.29) is 7.25 Å². The average molecular weight is 772 g/mol. The van der Waals surface area contributed by atoms with Crippen molar-refractivity contribution in [1.29, 1.82) is 0 Å². The van der Waals surface area contributed by atoms with Crippen LogP contribution in [-0.4, -0.2) is 5.92 Å². The van der Waals surface area contributed by atoms with Gasteiger partial charge < -0.3 is 0 Å². The van der Waals surface area contributed by atoms with Crippen molar-refractivity contribution in [3.8, 4) is 22.3 Å². The van der Waals surface area contributed by atoms with Crippen LogP contribution in [0.3, 0.4) is 0 Å². The van der Waals surface area contributed by atoms with Gasteiger partial charge in [-0.05, 0) is 0 Å². The van der Waals surface area contributed by atoms with Crippen LogP contribution >= 0.6 is 17.0 Å². The molecule has 0 aliphatic heterocycles. The molecule has 4 aromatic carbocycles. The van der Waals surface area contributed by atoms with Crippen LogP contribution in [0.5, 0.6) is 0 Å². The van der Waals surface area contributed by atoms with E-state index in [4.69, 9.17) is 17.0 Å². The monoisotopic (exact) mass is 769 g/mol. The SMILES string of the molecule is CCC1=Cc2c(ccc(C)c2-c2ccccc2C(C)C)[CH]1[Zr]([Cl])([Cl])([CH]1C(CC)=Cc2c1ccc(C)c2-c1ccccc1C(C)C)[SiH](C)C. The fraction of sp³-hybridized carbons (Fsp3) is 0.364. The van der Waals surface area contributed by atoms with E-state index in [1.165, 1.54) is 77.9 Å². The van der Waals surface area contributed by atoms with Gasteiger partial charge in [0.1, 0.15) is 0 Å². The molecule has 0 spiro atoms. The number of fused-ring (bicyclic) bond motifs is 2. The Morgan fingerprint density at radius 2 is 0.979 bits per heavy atom. The number of benzene rings is 4.